The number of aliphatic hydroxyl groups excluding tert-OH is 4. The fraction of sp³-hybridized carbons (Fsp3) is 0.854. The second-order valence-electron chi connectivity index (χ2n) is 17.1. The van der Waals surface area contributed by atoms with Gasteiger partial charge in [0.05, 0.1) is 47.5 Å². The summed E-state index contributed by atoms with van der Waals surface area (Å²) in [4.78, 5) is 23.7. The van der Waals surface area contributed by atoms with Crippen LogP contribution in [0.4, 0.5) is 0 Å². The molecule has 9 heteroatoms. The van der Waals surface area contributed by atoms with E-state index < -0.39 is 35.5 Å². The summed E-state index contributed by atoms with van der Waals surface area (Å²) in [7, 11) is 0. The number of carboxylic acids is 1. The minimum Gasteiger partial charge on any atom is -0.512 e. The van der Waals surface area contributed by atoms with Gasteiger partial charge in [-0.25, -0.2) is 0 Å². The molecule has 0 aromatic rings. The highest BCUT2D eigenvalue weighted by Gasteiger charge is 2.51. The Morgan fingerprint density at radius 3 is 2.06 bits per heavy atom. The summed E-state index contributed by atoms with van der Waals surface area (Å²) in [5.41, 5.74) is -1.01. The van der Waals surface area contributed by atoms with Crippen molar-refractivity contribution >= 4 is 11.8 Å². The summed E-state index contributed by atoms with van der Waals surface area (Å²) in [6.45, 7) is 19.7. The predicted molar refractivity (Wildman–Crippen MR) is 198 cm³/mol. The highest BCUT2D eigenvalue weighted by molar-refractivity contribution is 5.91. The molecule has 2 saturated heterocycles. The number of hydrogen-bond donors (Lipinski definition) is 5. The van der Waals surface area contributed by atoms with E-state index in [9.17, 15) is 30.0 Å². The molecule has 2 heterocycles. The summed E-state index contributed by atoms with van der Waals surface area (Å²) >= 11 is 0. The lowest BCUT2D eigenvalue weighted by Gasteiger charge is -2.35. The molecule has 290 valence electrons. The number of allylic oxidation sites excluding steroid dienone is 3. The summed E-state index contributed by atoms with van der Waals surface area (Å²) in [5.74, 6) is -0.810. The van der Waals surface area contributed by atoms with Gasteiger partial charge in [-0.3, -0.25) is 9.59 Å². The maximum atomic E-state index is 12.8. The number of hydrogen-bond acceptors (Lipinski definition) is 8. The van der Waals surface area contributed by atoms with Crippen molar-refractivity contribution in [2.75, 3.05) is 0 Å². The molecule has 2 rings (SSSR count). The first-order valence-electron chi connectivity index (χ1n) is 19.4. The lowest BCUT2D eigenvalue weighted by Crippen LogP contribution is -2.44. The van der Waals surface area contributed by atoms with Crippen LogP contribution in [0.15, 0.2) is 24.0 Å². The van der Waals surface area contributed by atoms with Gasteiger partial charge in [0, 0.05) is 36.2 Å². The van der Waals surface area contributed by atoms with Gasteiger partial charge in [0.1, 0.15) is 0 Å². The Morgan fingerprint density at radius 1 is 0.820 bits per heavy atom. The second kappa shape index (κ2) is 19.9. The first kappa shape index (κ1) is 44.4. The highest BCUT2D eigenvalue weighted by Crippen LogP contribution is 2.45. The minimum absolute atomic E-state index is 0.0809. The molecule has 0 saturated carbocycles. The van der Waals surface area contributed by atoms with Gasteiger partial charge in [-0.2, -0.15) is 0 Å². The first-order valence-corrected chi connectivity index (χ1v) is 19.4. The van der Waals surface area contributed by atoms with E-state index in [1.165, 1.54) is 6.08 Å². The standard InChI is InChI=1S/C41H72O9/c1-25(21-29(5)34(43)24-35(44)30(6)22-27(3)20-26(2)14-15-38(46)47)12-11-13-28(4)39(48)31(7)36(45)23-33-16-18-41(10,49-33)37-17-19-40(9,50-37)32(8)42/h11,13,24-33,36-37,39,42-43,45,48H,12,14-23H2,1-10H3,(H,46,47)/t25-,26+,27+,28-,29-,30+,31+,32+,33+,36-,37+,39-,40+,41+/m0/s1. The number of ether oxygens (including phenoxy) is 2. The minimum atomic E-state index is -0.781. The SMILES string of the molecule is C[C@H](CCC(=O)O)C[C@@H](C)C[C@@H](C)C(=O)C=C(O)[C@@H](C)C[C@@H](C)CC=C[C@H](C)[C@H](O)[C@H](C)[C@@H](O)C[C@H]1CC[C@](C)([C@H]2CC[C@](C)([C@@H](C)O)O2)O1. The largest absolute Gasteiger partial charge is 0.512 e. The van der Waals surface area contributed by atoms with E-state index in [2.05, 4.69) is 33.8 Å². The van der Waals surface area contributed by atoms with E-state index in [4.69, 9.17) is 14.6 Å². The number of carboxylic acid groups (broad SMARTS) is 1. The Morgan fingerprint density at radius 2 is 1.46 bits per heavy atom. The van der Waals surface area contributed by atoms with Crippen LogP contribution in [0, 0.1) is 41.4 Å². The monoisotopic (exact) mass is 709 g/mol. The molecule has 2 aliphatic heterocycles. The smallest absolute Gasteiger partial charge is 0.303 e. The number of ketones is 1. The number of aliphatic hydroxyl groups is 4. The highest BCUT2D eigenvalue weighted by atomic mass is 16.6. The van der Waals surface area contributed by atoms with Crippen molar-refractivity contribution in [1.82, 2.24) is 0 Å². The Kier molecular flexibility index (Phi) is 17.7. The molecule has 9 nitrogen and oxygen atoms in total. The number of rotatable bonds is 22. The molecule has 0 aromatic carbocycles. The van der Waals surface area contributed by atoms with Crippen molar-refractivity contribution < 1.29 is 44.6 Å². The maximum Gasteiger partial charge on any atom is 0.303 e. The van der Waals surface area contributed by atoms with Gasteiger partial charge in [0.2, 0.25) is 0 Å². The van der Waals surface area contributed by atoms with Crippen LogP contribution < -0.4 is 0 Å². The van der Waals surface area contributed by atoms with Crippen molar-refractivity contribution in [1.29, 1.82) is 0 Å². The van der Waals surface area contributed by atoms with Crippen LogP contribution in [0.5, 0.6) is 0 Å². The van der Waals surface area contributed by atoms with Gasteiger partial charge >= 0.3 is 5.97 Å². The normalized spacial score (nSPS) is 30.7. The van der Waals surface area contributed by atoms with Crippen LogP contribution in [0.2, 0.25) is 0 Å². The average Bonchev–Trinajstić information content (AvgIpc) is 3.63. The van der Waals surface area contributed by atoms with Crippen LogP contribution in [-0.4, -0.2) is 79.0 Å². The zero-order chi connectivity index (χ0) is 38.0. The van der Waals surface area contributed by atoms with E-state index in [1.54, 1.807) is 6.92 Å². The molecular formula is C41H72O9. The van der Waals surface area contributed by atoms with Gasteiger partial charge in [-0.05, 0) is 103 Å². The summed E-state index contributed by atoms with van der Waals surface area (Å²) < 4.78 is 12.7. The molecule has 0 aromatic heterocycles. The maximum absolute atomic E-state index is 12.8. The van der Waals surface area contributed by atoms with Gasteiger partial charge in [-0.1, -0.05) is 60.6 Å². The first-order chi connectivity index (χ1) is 23.2. The zero-order valence-electron chi connectivity index (χ0n) is 32.8. The lowest BCUT2D eigenvalue weighted by molar-refractivity contribution is -0.172. The molecule has 0 unspecified atom stereocenters. The number of carbonyl (C=O) groups excluding carboxylic acids is 1. The third-order valence-electron chi connectivity index (χ3n) is 11.9. The Hall–Kier alpha value is -1.78. The zero-order valence-corrected chi connectivity index (χ0v) is 32.8. The third kappa shape index (κ3) is 13.6. The summed E-state index contributed by atoms with van der Waals surface area (Å²) in [6.07, 6.45) is 10.8. The predicted octanol–water partition coefficient (Wildman–Crippen LogP) is 7.80. The van der Waals surface area contributed by atoms with Crippen LogP contribution in [0.3, 0.4) is 0 Å². The van der Waals surface area contributed by atoms with E-state index >= 15 is 0 Å². The molecule has 50 heavy (non-hydrogen) atoms. The van der Waals surface area contributed by atoms with Crippen molar-refractivity contribution in [2.45, 2.75) is 182 Å². The van der Waals surface area contributed by atoms with E-state index in [0.717, 1.165) is 38.5 Å². The quantitative estimate of drug-likeness (QED) is 0.0431. The fourth-order valence-corrected chi connectivity index (χ4v) is 8.02. The molecule has 0 spiro atoms. The summed E-state index contributed by atoms with van der Waals surface area (Å²) in [6, 6.07) is 0. The molecule has 0 amide bonds. The average molecular weight is 709 g/mol. The Bertz CT molecular complexity index is 1120. The molecule has 14 atom stereocenters. The number of aliphatic carboxylic acids is 1. The van der Waals surface area contributed by atoms with Gasteiger partial charge in [-0.15, -0.1) is 0 Å². The third-order valence-corrected chi connectivity index (χ3v) is 11.9. The number of carbonyl (C=O) groups is 2. The van der Waals surface area contributed by atoms with Crippen LogP contribution in [0.25, 0.3) is 0 Å². The van der Waals surface area contributed by atoms with Crippen molar-refractivity contribution in [3.8, 4) is 0 Å². The van der Waals surface area contributed by atoms with Gasteiger partial charge < -0.3 is 35.0 Å². The molecule has 2 fully saturated rings. The molecule has 5 N–H and O–H groups in total. The van der Waals surface area contributed by atoms with E-state index in [-0.39, 0.29) is 71.6 Å². The topological polar surface area (TPSA) is 154 Å². The van der Waals surface area contributed by atoms with Crippen LogP contribution >= 0.6 is 0 Å². The van der Waals surface area contributed by atoms with Crippen molar-refractivity contribution in [3.05, 3.63) is 24.0 Å². The van der Waals surface area contributed by atoms with Crippen molar-refractivity contribution in [3.63, 3.8) is 0 Å². The molecular weight excluding hydrogens is 636 g/mol. The van der Waals surface area contributed by atoms with E-state index in [0.29, 0.717) is 25.7 Å². The molecule has 0 bridgehead atoms. The van der Waals surface area contributed by atoms with E-state index in [1.807, 2.05) is 40.7 Å². The Balaban J connectivity index is 1.77. The second-order valence-corrected chi connectivity index (χ2v) is 17.1. The van der Waals surface area contributed by atoms with Crippen LogP contribution in [-0.2, 0) is 19.1 Å². The Labute approximate surface area is 302 Å². The molecule has 0 aliphatic carbocycles. The molecule has 2 aliphatic rings. The fourth-order valence-electron chi connectivity index (χ4n) is 8.02. The molecule has 0 radical (unpaired) electrons. The van der Waals surface area contributed by atoms with Crippen LogP contribution in [0.1, 0.15) is 140 Å². The van der Waals surface area contributed by atoms with Gasteiger partial charge in [0.15, 0.2) is 5.78 Å². The summed E-state index contributed by atoms with van der Waals surface area (Å²) in [5, 5.41) is 51.9. The van der Waals surface area contributed by atoms with Gasteiger partial charge in [0.25, 0.3) is 0 Å². The van der Waals surface area contributed by atoms with Crippen molar-refractivity contribution in [2.24, 2.45) is 41.4 Å². The lowest BCUT2D eigenvalue weighted by atomic mass is 9.85.